The Bertz CT molecular complexity index is 325. The molecular formula is C10H15N3OS. The first-order valence-electron chi connectivity index (χ1n) is 5.19. The molecule has 82 valence electrons. The van der Waals surface area contributed by atoms with Crippen LogP contribution in [0.15, 0.2) is 10.9 Å². The molecule has 1 aliphatic heterocycles. The molecule has 0 aliphatic carbocycles. The Hall–Kier alpha value is -0.940. The molecule has 1 atom stereocenters. The summed E-state index contributed by atoms with van der Waals surface area (Å²) in [7, 11) is 0. The van der Waals surface area contributed by atoms with Gasteiger partial charge in [0.15, 0.2) is 0 Å². The lowest BCUT2D eigenvalue weighted by molar-refractivity contribution is -0.134. The first-order valence-corrected chi connectivity index (χ1v) is 6.13. The zero-order valence-corrected chi connectivity index (χ0v) is 9.37. The second-order valence-corrected chi connectivity index (χ2v) is 4.52. The number of rotatable bonds is 3. The van der Waals surface area contributed by atoms with E-state index in [1.165, 1.54) is 0 Å². The number of amides is 1. The SMILES string of the molecule is NC1CCCN(CCc2cscn2)C1=O. The van der Waals surface area contributed by atoms with Gasteiger partial charge < -0.3 is 10.6 Å². The van der Waals surface area contributed by atoms with E-state index in [1.807, 2.05) is 15.8 Å². The average molecular weight is 225 g/mol. The number of carbonyl (C=O) groups is 1. The summed E-state index contributed by atoms with van der Waals surface area (Å²) in [5, 5.41) is 2.02. The first kappa shape index (κ1) is 10.6. The van der Waals surface area contributed by atoms with Crippen LogP contribution in [0.1, 0.15) is 18.5 Å². The highest BCUT2D eigenvalue weighted by Gasteiger charge is 2.24. The van der Waals surface area contributed by atoms with Crippen molar-refractivity contribution in [1.82, 2.24) is 9.88 Å². The van der Waals surface area contributed by atoms with E-state index in [-0.39, 0.29) is 11.9 Å². The molecule has 0 radical (unpaired) electrons. The molecule has 2 rings (SSSR count). The Balaban J connectivity index is 1.86. The van der Waals surface area contributed by atoms with Crippen LogP contribution in [-0.4, -0.2) is 34.9 Å². The number of aromatic nitrogens is 1. The van der Waals surface area contributed by atoms with Crippen molar-refractivity contribution in [3.63, 3.8) is 0 Å². The maximum Gasteiger partial charge on any atom is 0.239 e. The molecule has 1 aromatic rings. The molecular weight excluding hydrogens is 210 g/mol. The van der Waals surface area contributed by atoms with Crippen molar-refractivity contribution >= 4 is 17.2 Å². The Kier molecular flexibility index (Phi) is 3.33. The summed E-state index contributed by atoms with van der Waals surface area (Å²) in [4.78, 5) is 17.7. The van der Waals surface area contributed by atoms with E-state index >= 15 is 0 Å². The summed E-state index contributed by atoms with van der Waals surface area (Å²) in [6.07, 6.45) is 2.68. The van der Waals surface area contributed by atoms with Gasteiger partial charge in [0.25, 0.3) is 0 Å². The Morgan fingerprint density at radius 2 is 2.53 bits per heavy atom. The van der Waals surface area contributed by atoms with E-state index in [1.54, 1.807) is 11.3 Å². The van der Waals surface area contributed by atoms with Crippen molar-refractivity contribution in [1.29, 1.82) is 0 Å². The summed E-state index contributed by atoms with van der Waals surface area (Å²) in [6.45, 7) is 1.59. The molecule has 1 unspecified atom stereocenters. The average Bonchev–Trinajstić information content (AvgIpc) is 2.73. The molecule has 5 heteroatoms. The maximum atomic E-state index is 11.7. The topological polar surface area (TPSA) is 59.2 Å². The van der Waals surface area contributed by atoms with Crippen LogP contribution in [-0.2, 0) is 11.2 Å². The van der Waals surface area contributed by atoms with E-state index in [0.717, 1.165) is 38.0 Å². The number of hydrogen-bond donors (Lipinski definition) is 1. The van der Waals surface area contributed by atoms with E-state index in [4.69, 9.17) is 5.73 Å². The van der Waals surface area contributed by atoms with Crippen LogP contribution in [0.25, 0.3) is 0 Å². The van der Waals surface area contributed by atoms with Crippen LogP contribution in [0.4, 0.5) is 0 Å². The molecule has 0 spiro atoms. The Labute approximate surface area is 93.1 Å². The van der Waals surface area contributed by atoms with Crippen LogP contribution in [0.5, 0.6) is 0 Å². The van der Waals surface area contributed by atoms with Crippen LogP contribution in [0.3, 0.4) is 0 Å². The molecule has 2 heterocycles. The van der Waals surface area contributed by atoms with Gasteiger partial charge in [0.1, 0.15) is 0 Å². The monoisotopic (exact) mass is 225 g/mol. The smallest absolute Gasteiger partial charge is 0.239 e. The molecule has 2 N–H and O–H groups in total. The summed E-state index contributed by atoms with van der Waals surface area (Å²) < 4.78 is 0. The maximum absolute atomic E-state index is 11.7. The minimum Gasteiger partial charge on any atom is -0.341 e. The van der Waals surface area contributed by atoms with E-state index in [2.05, 4.69) is 4.98 Å². The molecule has 15 heavy (non-hydrogen) atoms. The minimum atomic E-state index is -0.283. The second-order valence-electron chi connectivity index (χ2n) is 3.80. The lowest BCUT2D eigenvalue weighted by Gasteiger charge is -2.30. The first-order chi connectivity index (χ1) is 7.27. The lowest BCUT2D eigenvalue weighted by Crippen LogP contribution is -2.48. The summed E-state index contributed by atoms with van der Waals surface area (Å²) >= 11 is 1.59. The molecule has 1 aliphatic rings. The van der Waals surface area contributed by atoms with Gasteiger partial charge in [-0.15, -0.1) is 11.3 Å². The van der Waals surface area contributed by atoms with E-state index in [9.17, 15) is 4.79 Å². The number of hydrogen-bond acceptors (Lipinski definition) is 4. The van der Waals surface area contributed by atoms with Gasteiger partial charge in [0, 0.05) is 24.9 Å². The standard InChI is InChI=1S/C10H15N3OS/c11-9-2-1-4-13(10(9)14)5-3-8-6-15-7-12-8/h6-7,9H,1-5,11H2. The fourth-order valence-electron chi connectivity index (χ4n) is 1.80. The van der Waals surface area contributed by atoms with Gasteiger partial charge in [-0.05, 0) is 12.8 Å². The predicted octanol–water partition coefficient (Wildman–Crippen LogP) is 0.635. The number of nitrogens with zero attached hydrogens (tertiary/aromatic N) is 2. The minimum absolute atomic E-state index is 0.0940. The van der Waals surface area contributed by atoms with Gasteiger partial charge in [-0.25, -0.2) is 4.98 Å². The van der Waals surface area contributed by atoms with Crippen molar-refractivity contribution in [3.05, 3.63) is 16.6 Å². The molecule has 1 fully saturated rings. The van der Waals surface area contributed by atoms with Gasteiger partial charge >= 0.3 is 0 Å². The number of thiazole rings is 1. The highest BCUT2D eigenvalue weighted by atomic mass is 32.1. The highest BCUT2D eigenvalue weighted by molar-refractivity contribution is 7.07. The zero-order chi connectivity index (χ0) is 10.7. The fourth-order valence-corrected chi connectivity index (χ4v) is 2.40. The summed E-state index contributed by atoms with van der Waals surface area (Å²) in [5.41, 5.74) is 8.59. The molecule has 1 aromatic heterocycles. The van der Waals surface area contributed by atoms with Gasteiger partial charge in [0.2, 0.25) is 5.91 Å². The molecule has 1 amide bonds. The normalized spacial score (nSPS) is 22.1. The summed E-state index contributed by atoms with van der Waals surface area (Å²) in [5.74, 6) is 0.0940. The van der Waals surface area contributed by atoms with Crippen LogP contribution in [0.2, 0.25) is 0 Å². The number of carbonyl (C=O) groups excluding carboxylic acids is 1. The third kappa shape index (κ3) is 2.54. The molecule has 4 nitrogen and oxygen atoms in total. The molecule has 0 aromatic carbocycles. The van der Waals surface area contributed by atoms with Gasteiger partial charge in [-0.1, -0.05) is 0 Å². The van der Waals surface area contributed by atoms with Crippen molar-refractivity contribution in [3.8, 4) is 0 Å². The highest BCUT2D eigenvalue weighted by Crippen LogP contribution is 2.11. The largest absolute Gasteiger partial charge is 0.341 e. The van der Waals surface area contributed by atoms with Crippen LogP contribution >= 0.6 is 11.3 Å². The Morgan fingerprint density at radius 1 is 1.67 bits per heavy atom. The third-order valence-corrected chi connectivity index (χ3v) is 3.33. The number of nitrogens with two attached hydrogens (primary N) is 1. The number of piperidine rings is 1. The third-order valence-electron chi connectivity index (χ3n) is 2.69. The molecule has 0 bridgehead atoms. The summed E-state index contributed by atoms with van der Waals surface area (Å²) in [6, 6.07) is -0.283. The van der Waals surface area contributed by atoms with Crippen molar-refractivity contribution < 1.29 is 4.79 Å². The second kappa shape index (κ2) is 4.72. The van der Waals surface area contributed by atoms with Crippen molar-refractivity contribution in [2.24, 2.45) is 5.73 Å². The lowest BCUT2D eigenvalue weighted by atomic mass is 10.1. The van der Waals surface area contributed by atoms with Crippen molar-refractivity contribution in [2.45, 2.75) is 25.3 Å². The van der Waals surface area contributed by atoms with Crippen LogP contribution < -0.4 is 5.73 Å². The Morgan fingerprint density at radius 3 is 3.27 bits per heavy atom. The van der Waals surface area contributed by atoms with Gasteiger partial charge in [-0.3, -0.25) is 4.79 Å². The predicted molar refractivity (Wildman–Crippen MR) is 59.6 cm³/mol. The van der Waals surface area contributed by atoms with E-state index in [0.29, 0.717) is 0 Å². The molecule has 1 saturated heterocycles. The fraction of sp³-hybridized carbons (Fsp3) is 0.600. The van der Waals surface area contributed by atoms with Gasteiger partial charge in [-0.2, -0.15) is 0 Å². The van der Waals surface area contributed by atoms with E-state index < -0.39 is 0 Å². The van der Waals surface area contributed by atoms with Gasteiger partial charge in [0.05, 0.1) is 17.2 Å². The van der Waals surface area contributed by atoms with Crippen molar-refractivity contribution in [2.75, 3.05) is 13.1 Å². The number of likely N-dealkylation sites (tertiary alicyclic amines) is 1. The molecule has 0 saturated carbocycles. The van der Waals surface area contributed by atoms with Crippen LogP contribution in [0, 0.1) is 0 Å². The quantitative estimate of drug-likeness (QED) is 0.821. The zero-order valence-electron chi connectivity index (χ0n) is 8.56.